The Kier molecular flexibility index (Phi) is 3.71. The van der Waals surface area contributed by atoms with Gasteiger partial charge < -0.3 is 14.2 Å². The van der Waals surface area contributed by atoms with Crippen LogP contribution in [0.1, 0.15) is 13.8 Å². The van der Waals surface area contributed by atoms with E-state index in [4.69, 9.17) is 14.2 Å². The standard InChI is InChI=1S/C20H18N4O4/c1-3-26-15-6-7-21-19-17(15)24(20(25)23-19)12-4-5-14-13(8-12)18-16(9-22-14)28-11(2)10-27-18/h4-9,11H,3,10H2,1-2H3,(H,21,23,25). The van der Waals surface area contributed by atoms with Gasteiger partial charge in [-0.3, -0.25) is 14.5 Å². The summed E-state index contributed by atoms with van der Waals surface area (Å²) in [6.45, 7) is 4.78. The highest BCUT2D eigenvalue weighted by atomic mass is 16.6. The van der Waals surface area contributed by atoms with E-state index >= 15 is 0 Å². The van der Waals surface area contributed by atoms with Gasteiger partial charge in [-0.15, -0.1) is 0 Å². The second-order valence-corrected chi connectivity index (χ2v) is 6.60. The van der Waals surface area contributed by atoms with Crippen molar-refractivity contribution in [1.29, 1.82) is 0 Å². The summed E-state index contributed by atoms with van der Waals surface area (Å²) in [4.78, 5) is 24.2. The molecule has 1 unspecified atom stereocenters. The molecule has 1 atom stereocenters. The largest absolute Gasteiger partial charge is 0.491 e. The fraction of sp³-hybridized carbons (Fsp3) is 0.250. The van der Waals surface area contributed by atoms with Gasteiger partial charge in [-0.05, 0) is 32.0 Å². The summed E-state index contributed by atoms with van der Waals surface area (Å²) in [6, 6.07) is 7.32. The fourth-order valence-electron chi connectivity index (χ4n) is 3.48. The lowest BCUT2D eigenvalue weighted by Crippen LogP contribution is -2.26. The first-order chi connectivity index (χ1) is 13.7. The molecule has 5 rings (SSSR count). The molecule has 0 saturated carbocycles. The number of aromatic amines is 1. The Morgan fingerprint density at radius 3 is 3.07 bits per heavy atom. The van der Waals surface area contributed by atoms with Crippen LogP contribution in [0.5, 0.6) is 17.2 Å². The second-order valence-electron chi connectivity index (χ2n) is 6.60. The minimum absolute atomic E-state index is 0.0361. The molecule has 3 aromatic heterocycles. The summed E-state index contributed by atoms with van der Waals surface area (Å²) in [7, 11) is 0. The normalized spacial score (nSPS) is 15.9. The van der Waals surface area contributed by atoms with Gasteiger partial charge >= 0.3 is 5.69 Å². The van der Waals surface area contributed by atoms with Crippen molar-refractivity contribution in [3.8, 4) is 22.9 Å². The summed E-state index contributed by atoms with van der Waals surface area (Å²) < 4.78 is 19.0. The molecule has 4 heterocycles. The SMILES string of the molecule is CCOc1ccnc2[nH]c(=O)n(-c3ccc4ncc5c(c4c3)OCC(C)O5)c12. The molecule has 1 aliphatic rings. The van der Waals surface area contributed by atoms with Crippen LogP contribution in [0.15, 0.2) is 41.5 Å². The average Bonchev–Trinajstić information content (AvgIpc) is 3.04. The first-order valence-electron chi connectivity index (χ1n) is 9.11. The summed E-state index contributed by atoms with van der Waals surface area (Å²) in [5, 5.41) is 0.782. The number of hydrogen-bond acceptors (Lipinski definition) is 6. The number of rotatable bonds is 3. The van der Waals surface area contributed by atoms with E-state index < -0.39 is 0 Å². The number of pyridine rings is 2. The van der Waals surface area contributed by atoms with Crippen LogP contribution in [0.4, 0.5) is 0 Å². The highest BCUT2D eigenvalue weighted by molar-refractivity contribution is 5.90. The molecule has 0 radical (unpaired) electrons. The smallest absolute Gasteiger partial charge is 0.332 e. The molecule has 0 aliphatic carbocycles. The molecular formula is C20H18N4O4. The summed E-state index contributed by atoms with van der Waals surface area (Å²) in [6.07, 6.45) is 3.24. The molecule has 1 aromatic carbocycles. The number of ether oxygens (including phenoxy) is 3. The Bertz CT molecular complexity index is 1260. The van der Waals surface area contributed by atoms with E-state index in [9.17, 15) is 4.79 Å². The van der Waals surface area contributed by atoms with Gasteiger partial charge in [0.05, 0.1) is 24.0 Å². The molecule has 8 heteroatoms. The average molecular weight is 378 g/mol. The number of hydrogen-bond donors (Lipinski definition) is 1. The van der Waals surface area contributed by atoms with E-state index in [0.717, 1.165) is 10.9 Å². The molecule has 1 N–H and O–H groups in total. The zero-order valence-corrected chi connectivity index (χ0v) is 15.4. The van der Waals surface area contributed by atoms with Gasteiger partial charge in [-0.1, -0.05) is 0 Å². The first kappa shape index (κ1) is 16.6. The van der Waals surface area contributed by atoms with Crippen LogP contribution >= 0.6 is 0 Å². The van der Waals surface area contributed by atoms with E-state index in [1.807, 2.05) is 32.0 Å². The van der Waals surface area contributed by atoms with Crippen molar-refractivity contribution < 1.29 is 14.2 Å². The van der Waals surface area contributed by atoms with E-state index in [1.165, 1.54) is 0 Å². The van der Waals surface area contributed by atoms with Crippen LogP contribution in [-0.4, -0.2) is 38.8 Å². The molecular weight excluding hydrogens is 360 g/mol. The van der Waals surface area contributed by atoms with Gasteiger partial charge in [-0.2, -0.15) is 0 Å². The molecule has 28 heavy (non-hydrogen) atoms. The Labute approximate surface area is 159 Å². The molecule has 1 aliphatic heterocycles. The Balaban J connectivity index is 1.76. The van der Waals surface area contributed by atoms with Gasteiger partial charge in [0.25, 0.3) is 0 Å². The van der Waals surface area contributed by atoms with Gasteiger partial charge in [-0.25, -0.2) is 9.78 Å². The van der Waals surface area contributed by atoms with E-state index in [-0.39, 0.29) is 11.8 Å². The molecule has 0 spiro atoms. The van der Waals surface area contributed by atoms with Crippen molar-refractivity contribution in [2.75, 3.05) is 13.2 Å². The lowest BCUT2D eigenvalue weighted by molar-refractivity contribution is 0.105. The van der Waals surface area contributed by atoms with Crippen LogP contribution in [-0.2, 0) is 0 Å². The number of benzene rings is 1. The van der Waals surface area contributed by atoms with Crippen molar-refractivity contribution in [1.82, 2.24) is 19.5 Å². The third-order valence-corrected chi connectivity index (χ3v) is 4.66. The highest BCUT2D eigenvalue weighted by Gasteiger charge is 2.22. The fourth-order valence-corrected chi connectivity index (χ4v) is 3.48. The lowest BCUT2D eigenvalue weighted by Gasteiger charge is -2.24. The molecule has 142 valence electrons. The Morgan fingerprint density at radius 2 is 2.21 bits per heavy atom. The Hall–Kier alpha value is -3.55. The maximum Gasteiger partial charge on any atom is 0.332 e. The lowest BCUT2D eigenvalue weighted by atomic mass is 10.1. The summed E-state index contributed by atoms with van der Waals surface area (Å²) in [5.74, 6) is 1.83. The number of fused-ring (bicyclic) bond motifs is 4. The predicted molar refractivity (Wildman–Crippen MR) is 104 cm³/mol. The van der Waals surface area contributed by atoms with Crippen LogP contribution in [0.25, 0.3) is 27.8 Å². The first-order valence-corrected chi connectivity index (χ1v) is 9.11. The number of imidazole rings is 1. The van der Waals surface area contributed by atoms with E-state index in [2.05, 4.69) is 15.0 Å². The third kappa shape index (κ3) is 2.49. The topological polar surface area (TPSA) is 91.3 Å². The zero-order chi connectivity index (χ0) is 19.3. The van der Waals surface area contributed by atoms with Crippen LogP contribution in [0.3, 0.4) is 0 Å². The predicted octanol–water partition coefficient (Wildman–Crippen LogP) is 2.82. The quantitative estimate of drug-likeness (QED) is 0.589. The monoisotopic (exact) mass is 378 g/mol. The molecule has 0 saturated heterocycles. The Morgan fingerprint density at radius 1 is 1.32 bits per heavy atom. The highest BCUT2D eigenvalue weighted by Crippen LogP contribution is 2.38. The molecule has 0 amide bonds. The van der Waals surface area contributed by atoms with Gasteiger partial charge in [0.15, 0.2) is 17.1 Å². The maximum atomic E-state index is 12.7. The van der Waals surface area contributed by atoms with Gasteiger partial charge in [0.2, 0.25) is 0 Å². The minimum atomic E-state index is -0.294. The number of H-pyrrole nitrogens is 1. The summed E-state index contributed by atoms with van der Waals surface area (Å²) >= 11 is 0. The molecule has 0 fully saturated rings. The van der Waals surface area contributed by atoms with Crippen LogP contribution < -0.4 is 19.9 Å². The van der Waals surface area contributed by atoms with Crippen molar-refractivity contribution in [2.24, 2.45) is 0 Å². The maximum absolute atomic E-state index is 12.7. The number of nitrogens with one attached hydrogen (secondary N) is 1. The van der Waals surface area contributed by atoms with Crippen molar-refractivity contribution in [3.63, 3.8) is 0 Å². The van der Waals surface area contributed by atoms with Crippen LogP contribution in [0.2, 0.25) is 0 Å². The zero-order valence-electron chi connectivity index (χ0n) is 15.4. The van der Waals surface area contributed by atoms with Gasteiger partial charge in [0, 0.05) is 17.6 Å². The molecule has 8 nitrogen and oxygen atoms in total. The van der Waals surface area contributed by atoms with Crippen molar-refractivity contribution in [3.05, 3.63) is 47.1 Å². The minimum Gasteiger partial charge on any atom is -0.491 e. The molecule has 4 aromatic rings. The van der Waals surface area contributed by atoms with Crippen LogP contribution in [0, 0.1) is 0 Å². The third-order valence-electron chi connectivity index (χ3n) is 4.66. The summed E-state index contributed by atoms with van der Waals surface area (Å²) in [5.41, 5.74) is 2.19. The van der Waals surface area contributed by atoms with Crippen molar-refractivity contribution in [2.45, 2.75) is 20.0 Å². The number of aromatic nitrogens is 4. The molecule has 0 bridgehead atoms. The van der Waals surface area contributed by atoms with Gasteiger partial charge in [0.1, 0.15) is 24.0 Å². The second kappa shape index (κ2) is 6.26. The van der Waals surface area contributed by atoms with E-state index in [1.54, 1.807) is 23.0 Å². The van der Waals surface area contributed by atoms with E-state index in [0.29, 0.717) is 47.3 Å². The number of nitrogens with zero attached hydrogens (tertiary/aromatic N) is 3. The van der Waals surface area contributed by atoms with Crippen molar-refractivity contribution >= 4 is 22.1 Å².